The Morgan fingerprint density at radius 1 is 1.19 bits per heavy atom. The standard InChI is InChI=1S/C19H23N5O3/c1-12(2)24-15-7-5-4-6-14(15)16(19(24)27)21-18(26)17(25)20-9-11-23-10-8-13(3)22-23/h4-8,10,12,16H,9,11H2,1-3H3,(H,20,25)(H,21,26)/t16-/m0/s1. The van der Waals surface area contributed by atoms with Crippen molar-refractivity contribution in [2.24, 2.45) is 0 Å². The Morgan fingerprint density at radius 2 is 1.93 bits per heavy atom. The third-order valence-electron chi connectivity index (χ3n) is 4.39. The smallest absolute Gasteiger partial charge is 0.310 e. The Labute approximate surface area is 157 Å². The van der Waals surface area contributed by atoms with Crippen LogP contribution in [0.5, 0.6) is 0 Å². The molecule has 1 aromatic carbocycles. The number of para-hydroxylation sites is 1. The Kier molecular flexibility index (Phi) is 5.25. The molecule has 0 fully saturated rings. The number of hydrogen-bond acceptors (Lipinski definition) is 4. The number of anilines is 1. The summed E-state index contributed by atoms with van der Waals surface area (Å²) in [6.45, 7) is 6.41. The first-order chi connectivity index (χ1) is 12.9. The van der Waals surface area contributed by atoms with Gasteiger partial charge in [0, 0.05) is 30.0 Å². The van der Waals surface area contributed by atoms with Gasteiger partial charge in [0.2, 0.25) is 0 Å². The van der Waals surface area contributed by atoms with E-state index in [2.05, 4.69) is 15.7 Å². The van der Waals surface area contributed by atoms with Gasteiger partial charge in [-0.05, 0) is 32.9 Å². The molecule has 3 amide bonds. The summed E-state index contributed by atoms with van der Waals surface area (Å²) in [5.41, 5.74) is 2.34. The van der Waals surface area contributed by atoms with Gasteiger partial charge in [0.1, 0.15) is 6.04 Å². The summed E-state index contributed by atoms with van der Waals surface area (Å²) in [5.74, 6) is -1.84. The summed E-state index contributed by atoms with van der Waals surface area (Å²) < 4.78 is 1.69. The number of aryl methyl sites for hydroxylation is 1. The third kappa shape index (κ3) is 3.84. The molecule has 0 spiro atoms. The van der Waals surface area contributed by atoms with E-state index in [9.17, 15) is 14.4 Å². The van der Waals surface area contributed by atoms with E-state index >= 15 is 0 Å². The average Bonchev–Trinajstić information content (AvgIpc) is 3.16. The van der Waals surface area contributed by atoms with Crippen LogP contribution in [0.2, 0.25) is 0 Å². The average molecular weight is 369 g/mol. The van der Waals surface area contributed by atoms with Crippen molar-refractivity contribution in [2.45, 2.75) is 39.4 Å². The summed E-state index contributed by atoms with van der Waals surface area (Å²) >= 11 is 0. The van der Waals surface area contributed by atoms with Gasteiger partial charge in [-0.15, -0.1) is 0 Å². The van der Waals surface area contributed by atoms with E-state index < -0.39 is 17.9 Å². The van der Waals surface area contributed by atoms with Crippen molar-refractivity contribution >= 4 is 23.4 Å². The molecular weight excluding hydrogens is 346 g/mol. The number of fused-ring (bicyclic) bond motifs is 1. The second kappa shape index (κ2) is 7.61. The minimum atomic E-state index is -0.851. The summed E-state index contributed by atoms with van der Waals surface area (Å²) in [6.07, 6.45) is 1.80. The van der Waals surface area contributed by atoms with Gasteiger partial charge in [0.05, 0.1) is 12.2 Å². The van der Waals surface area contributed by atoms with Crippen LogP contribution < -0.4 is 15.5 Å². The van der Waals surface area contributed by atoms with Crippen molar-refractivity contribution in [3.63, 3.8) is 0 Å². The summed E-state index contributed by atoms with van der Waals surface area (Å²) in [5, 5.41) is 9.32. The molecule has 3 rings (SSSR count). The van der Waals surface area contributed by atoms with Gasteiger partial charge < -0.3 is 15.5 Å². The van der Waals surface area contributed by atoms with Crippen LogP contribution in [-0.2, 0) is 20.9 Å². The predicted molar refractivity (Wildman–Crippen MR) is 99.9 cm³/mol. The largest absolute Gasteiger partial charge is 0.346 e. The molecule has 0 radical (unpaired) electrons. The van der Waals surface area contributed by atoms with Crippen LogP contribution in [0.15, 0.2) is 36.5 Å². The van der Waals surface area contributed by atoms with Crippen molar-refractivity contribution in [2.75, 3.05) is 11.4 Å². The first-order valence-corrected chi connectivity index (χ1v) is 8.89. The fourth-order valence-corrected chi connectivity index (χ4v) is 3.16. The molecule has 1 aliphatic heterocycles. The highest BCUT2D eigenvalue weighted by atomic mass is 16.2. The van der Waals surface area contributed by atoms with Crippen LogP contribution in [0, 0.1) is 6.92 Å². The van der Waals surface area contributed by atoms with Gasteiger partial charge in [-0.3, -0.25) is 19.1 Å². The second-order valence-corrected chi connectivity index (χ2v) is 6.74. The zero-order valence-electron chi connectivity index (χ0n) is 15.6. The molecule has 0 aliphatic carbocycles. The molecule has 1 atom stereocenters. The number of nitrogens with one attached hydrogen (secondary N) is 2. The molecule has 2 N–H and O–H groups in total. The SMILES string of the molecule is Cc1ccn(CCNC(=O)C(=O)N[C@@H]2C(=O)N(C(C)C)c3ccccc32)n1. The predicted octanol–water partition coefficient (Wildman–Crippen LogP) is 0.920. The maximum Gasteiger partial charge on any atom is 0.310 e. The molecule has 8 nitrogen and oxygen atoms in total. The fraction of sp³-hybridized carbons (Fsp3) is 0.368. The number of amides is 3. The minimum absolute atomic E-state index is 0.0492. The van der Waals surface area contributed by atoms with Gasteiger partial charge in [0.25, 0.3) is 5.91 Å². The van der Waals surface area contributed by atoms with Crippen molar-refractivity contribution in [3.8, 4) is 0 Å². The molecule has 1 aliphatic rings. The first kappa shape index (κ1) is 18.6. The molecule has 0 saturated carbocycles. The summed E-state index contributed by atoms with van der Waals surface area (Å²) in [6, 6.07) is 8.24. The highest BCUT2D eigenvalue weighted by molar-refractivity contribution is 6.35. The normalized spacial score (nSPS) is 15.8. The highest BCUT2D eigenvalue weighted by Crippen LogP contribution is 2.36. The van der Waals surface area contributed by atoms with Gasteiger partial charge in [-0.1, -0.05) is 18.2 Å². The molecule has 0 unspecified atom stereocenters. The third-order valence-corrected chi connectivity index (χ3v) is 4.39. The molecule has 2 heterocycles. The van der Waals surface area contributed by atoms with Crippen molar-refractivity contribution in [1.82, 2.24) is 20.4 Å². The van der Waals surface area contributed by atoms with Gasteiger partial charge in [0.15, 0.2) is 0 Å². The van der Waals surface area contributed by atoms with E-state index in [0.29, 0.717) is 12.1 Å². The van der Waals surface area contributed by atoms with Crippen LogP contribution in [0.4, 0.5) is 5.69 Å². The van der Waals surface area contributed by atoms with Crippen LogP contribution >= 0.6 is 0 Å². The van der Waals surface area contributed by atoms with Crippen LogP contribution in [-0.4, -0.2) is 40.1 Å². The topological polar surface area (TPSA) is 96.3 Å². The van der Waals surface area contributed by atoms with Crippen molar-refractivity contribution in [1.29, 1.82) is 0 Å². The number of nitrogens with zero attached hydrogens (tertiary/aromatic N) is 3. The van der Waals surface area contributed by atoms with E-state index in [0.717, 1.165) is 11.4 Å². The maximum absolute atomic E-state index is 12.7. The number of carbonyl (C=O) groups is 3. The number of carbonyl (C=O) groups excluding carboxylic acids is 3. The molecule has 142 valence electrons. The Morgan fingerprint density at radius 3 is 2.59 bits per heavy atom. The first-order valence-electron chi connectivity index (χ1n) is 8.89. The molecular formula is C19H23N5O3. The number of hydrogen-bond donors (Lipinski definition) is 2. The molecule has 27 heavy (non-hydrogen) atoms. The lowest BCUT2D eigenvalue weighted by molar-refractivity contribution is -0.140. The zero-order chi connectivity index (χ0) is 19.6. The number of benzene rings is 1. The Hall–Kier alpha value is -3.16. The molecule has 0 saturated heterocycles. The summed E-state index contributed by atoms with van der Waals surface area (Å²) in [4.78, 5) is 38.7. The Balaban J connectivity index is 1.61. The minimum Gasteiger partial charge on any atom is -0.346 e. The zero-order valence-corrected chi connectivity index (χ0v) is 15.6. The molecule has 8 heteroatoms. The number of aromatic nitrogens is 2. The van der Waals surface area contributed by atoms with E-state index in [1.807, 2.05) is 39.0 Å². The van der Waals surface area contributed by atoms with Gasteiger partial charge >= 0.3 is 11.8 Å². The summed E-state index contributed by atoms with van der Waals surface area (Å²) in [7, 11) is 0. The second-order valence-electron chi connectivity index (χ2n) is 6.74. The highest BCUT2D eigenvalue weighted by Gasteiger charge is 2.39. The molecule has 0 bridgehead atoms. The lowest BCUT2D eigenvalue weighted by Crippen LogP contribution is -2.46. The van der Waals surface area contributed by atoms with Crippen LogP contribution in [0.1, 0.15) is 31.1 Å². The van der Waals surface area contributed by atoms with Crippen molar-refractivity contribution in [3.05, 3.63) is 47.8 Å². The lowest BCUT2D eigenvalue weighted by atomic mass is 10.1. The lowest BCUT2D eigenvalue weighted by Gasteiger charge is -2.22. The monoisotopic (exact) mass is 369 g/mol. The van der Waals surface area contributed by atoms with Crippen LogP contribution in [0.3, 0.4) is 0 Å². The quantitative estimate of drug-likeness (QED) is 0.766. The fourth-order valence-electron chi connectivity index (χ4n) is 3.16. The van der Waals surface area contributed by atoms with E-state index in [1.165, 1.54) is 0 Å². The van der Waals surface area contributed by atoms with Gasteiger partial charge in [-0.25, -0.2) is 0 Å². The molecule has 1 aromatic heterocycles. The molecule has 2 aromatic rings. The van der Waals surface area contributed by atoms with E-state index in [1.54, 1.807) is 27.9 Å². The van der Waals surface area contributed by atoms with Crippen molar-refractivity contribution < 1.29 is 14.4 Å². The number of rotatable bonds is 5. The van der Waals surface area contributed by atoms with Crippen LogP contribution in [0.25, 0.3) is 0 Å². The van der Waals surface area contributed by atoms with Gasteiger partial charge in [-0.2, -0.15) is 5.10 Å². The Bertz CT molecular complexity index is 874. The van der Waals surface area contributed by atoms with E-state index in [4.69, 9.17) is 0 Å². The van der Waals surface area contributed by atoms with E-state index in [-0.39, 0.29) is 18.5 Å². The maximum atomic E-state index is 12.7.